The quantitative estimate of drug-likeness (QED) is 0.360. The standard InChI is InChI=1S/C23H36NO4PS/c1-8-28-29(27,18-11-9-17(4)10-12-18)24(16(2)3)20-15-19(13-14-23(5,6)7)30-21(20)22(25)26/h15-18H,8-12H2,1-7H3,(H,25,26). The summed E-state index contributed by atoms with van der Waals surface area (Å²) in [6.07, 6.45) is 3.71. The van der Waals surface area contributed by atoms with Crippen LogP contribution in [0.4, 0.5) is 5.69 Å². The molecule has 2 rings (SSSR count). The summed E-state index contributed by atoms with van der Waals surface area (Å²) in [7, 11) is -3.29. The van der Waals surface area contributed by atoms with Crippen LogP contribution in [0.3, 0.4) is 0 Å². The van der Waals surface area contributed by atoms with E-state index in [1.807, 2.05) is 41.5 Å². The number of nitrogens with zero attached hydrogens (tertiary/aromatic N) is 1. The minimum absolute atomic E-state index is 0.0818. The van der Waals surface area contributed by atoms with E-state index in [0.717, 1.165) is 37.0 Å². The molecule has 0 amide bonds. The Kier molecular flexibility index (Phi) is 8.24. The van der Waals surface area contributed by atoms with Gasteiger partial charge in [-0.15, -0.1) is 11.3 Å². The Balaban J connectivity index is 2.58. The number of hydrogen-bond donors (Lipinski definition) is 1. The van der Waals surface area contributed by atoms with Gasteiger partial charge < -0.3 is 9.63 Å². The van der Waals surface area contributed by atoms with Crippen molar-refractivity contribution in [2.45, 2.75) is 85.9 Å². The molecule has 1 aliphatic rings. The summed E-state index contributed by atoms with van der Waals surface area (Å²) in [4.78, 5) is 12.9. The van der Waals surface area contributed by atoms with Crippen molar-refractivity contribution < 1.29 is 19.0 Å². The maximum atomic E-state index is 14.4. The highest BCUT2D eigenvalue weighted by Gasteiger charge is 2.44. The molecular formula is C23H36NO4PS. The van der Waals surface area contributed by atoms with E-state index in [9.17, 15) is 14.5 Å². The molecule has 1 saturated carbocycles. The minimum Gasteiger partial charge on any atom is -0.477 e. The summed E-state index contributed by atoms with van der Waals surface area (Å²) in [5, 5.41) is 9.88. The second-order valence-corrected chi connectivity index (χ2v) is 13.1. The summed E-state index contributed by atoms with van der Waals surface area (Å²) in [6, 6.07) is 1.61. The first-order chi connectivity index (χ1) is 13.9. The second kappa shape index (κ2) is 9.90. The van der Waals surface area contributed by atoms with E-state index in [1.54, 1.807) is 10.7 Å². The zero-order chi connectivity index (χ0) is 22.7. The molecule has 1 atom stereocenters. The zero-order valence-electron chi connectivity index (χ0n) is 19.3. The van der Waals surface area contributed by atoms with Crippen LogP contribution >= 0.6 is 18.9 Å². The van der Waals surface area contributed by atoms with Gasteiger partial charge in [0.2, 0.25) is 0 Å². The molecular weight excluding hydrogens is 417 g/mol. The van der Waals surface area contributed by atoms with Crippen LogP contribution in [0.15, 0.2) is 6.07 Å². The van der Waals surface area contributed by atoms with Crippen molar-refractivity contribution in [2.24, 2.45) is 11.3 Å². The van der Waals surface area contributed by atoms with E-state index in [0.29, 0.717) is 23.1 Å². The van der Waals surface area contributed by atoms with Gasteiger partial charge in [-0.3, -0.25) is 9.24 Å². The first-order valence-electron chi connectivity index (χ1n) is 10.8. The number of carboxylic acid groups (broad SMARTS) is 1. The SMILES string of the molecule is CCOP(=O)(C1CCC(C)CC1)N(c1cc(C#CC(C)(C)C)sc1C(=O)O)C(C)C. The van der Waals surface area contributed by atoms with E-state index in [1.165, 1.54) is 0 Å². The Bertz CT molecular complexity index is 851. The Morgan fingerprint density at radius 3 is 2.40 bits per heavy atom. The van der Waals surface area contributed by atoms with Gasteiger partial charge in [-0.25, -0.2) is 4.79 Å². The number of aromatic carboxylic acids is 1. The van der Waals surface area contributed by atoms with Crippen LogP contribution in [0.1, 0.15) is 88.7 Å². The highest BCUT2D eigenvalue weighted by Crippen LogP contribution is 2.62. The average Bonchev–Trinajstić information content (AvgIpc) is 3.04. The van der Waals surface area contributed by atoms with E-state index >= 15 is 0 Å². The fourth-order valence-electron chi connectivity index (χ4n) is 3.86. The number of thiophene rings is 1. The third-order valence-corrected chi connectivity index (χ3v) is 9.64. The maximum Gasteiger partial charge on any atom is 0.348 e. The van der Waals surface area contributed by atoms with Crippen molar-refractivity contribution in [3.63, 3.8) is 0 Å². The minimum atomic E-state index is -3.29. The number of hydrogen-bond acceptors (Lipinski definition) is 4. The van der Waals surface area contributed by atoms with Gasteiger partial charge >= 0.3 is 5.97 Å². The molecule has 0 spiro atoms. The van der Waals surface area contributed by atoms with Gasteiger partial charge in [0.25, 0.3) is 7.52 Å². The smallest absolute Gasteiger partial charge is 0.348 e. The molecule has 0 radical (unpaired) electrons. The molecule has 5 nitrogen and oxygen atoms in total. The number of carbonyl (C=O) groups is 1. The predicted octanol–water partition coefficient (Wildman–Crippen LogP) is 6.87. The summed E-state index contributed by atoms with van der Waals surface area (Å²) in [6.45, 7) is 14.3. The van der Waals surface area contributed by atoms with Crippen molar-refractivity contribution in [3.05, 3.63) is 15.8 Å². The molecule has 1 heterocycles. The van der Waals surface area contributed by atoms with Gasteiger partial charge in [-0.1, -0.05) is 18.8 Å². The van der Waals surface area contributed by atoms with Crippen molar-refractivity contribution >= 4 is 30.5 Å². The largest absolute Gasteiger partial charge is 0.477 e. The number of carboxylic acids is 1. The zero-order valence-corrected chi connectivity index (χ0v) is 21.0. The molecule has 168 valence electrons. The van der Waals surface area contributed by atoms with Crippen LogP contribution in [-0.2, 0) is 9.09 Å². The van der Waals surface area contributed by atoms with Gasteiger partial charge in [0, 0.05) is 11.5 Å². The maximum absolute atomic E-state index is 14.4. The normalized spacial score (nSPS) is 21.6. The number of rotatable bonds is 7. The Morgan fingerprint density at radius 1 is 1.33 bits per heavy atom. The molecule has 30 heavy (non-hydrogen) atoms. The molecule has 0 bridgehead atoms. The molecule has 0 saturated heterocycles. The second-order valence-electron chi connectivity index (χ2n) is 9.46. The molecule has 0 aliphatic heterocycles. The van der Waals surface area contributed by atoms with Gasteiger partial charge in [-0.2, -0.15) is 0 Å². The highest BCUT2D eigenvalue weighted by molar-refractivity contribution is 7.61. The summed E-state index contributed by atoms with van der Waals surface area (Å²) < 4.78 is 22.2. The van der Waals surface area contributed by atoms with E-state index in [2.05, 4.69) is 18.8 Å². The van der Waals surface area contributed by atoms with E-state index < -0.39 is 13.5 Å². The fourth-order valence-corrected chi connectivity index (χ4v) is 7.88. The van der Waals surface area contributed by atoms with Crippen LogP contribution in [-0.4, -0.2) is 29.4 Å². The van der Waals surface area contributed by atoms with Crippen LogP contribution in [0, 0.1) is 23.2 Å². The molecule has 1 fully saturated rings. The van der Waals surface area contributed by atoms with Gasteiger partial charge in [0.1, 0.15) is 4.88 Å². The summed E-state index contributed by atoms with van der Waals surface area (Å²) in [5.74, 6) is 5.88. The monoisotopic (exact) mass is 453 g/mol. The number of anilines is 1. The summed E-state index contributed by atoms with van der Waals surface area (Å²) >= 11 is 1.14. The van der Waals surface area contributed by atoms with E-state index in [-0.39, 0.29) is 22.0 Å². The van der Waals surface area contributed by atoms with E-state index in [4.69, 9.17) is 4.52 Å². The fraction of sp³-hybridized carbons (Fsp3) is 0.696. The first kappa shape index (κ1) is 25.0. The van der Waals surface area contributed by atoms with Gasteiger partial charge in [0.15, 0.2) is 0 Å². The molecule has 1 unspecified atom stereocenters. The molecule has 1 N–H and O–H groups in total. The lowest BCUT2D eigenvalue weighted by molar-refractivity contribution is 0.0703. The molecule has 7 heteroatoms. The van der Waals surface area contributed by atoms with Crippen molar-refractivity contribution in [1.29, 1.82) is 0 Å². The van der Waals surface area contributed by atoms with Crippen molar-refractivity contribution in [2.75, 3.05) is 11.3 Å². The van der Waals surface area contributed by atoms with Crippen LogP contribution in [0.2, 0.25) is 0 Å². The van der Waals surface area contributed by atoms with Crippen molar-refractivity contribution in [3.8, 4) is 11.8 Å². The van der Waals surface area contributed by atoms with Crippen LogP contribution < -0.4 is 4.67 Å². The molecule has 1 aromatic rings. The molecule has 1 aliphatic carbocycles. The van der Waals surface area contributed by atoms with Gasteiger partial charge in [-0.05, 0) is 79.2 Å². The summed E-state index contributed by atoms with van der Waals surface area (Å²) in [5.41, 5.74) is 0.197. The van der Waals surface area contributed by atoms with Crippen LogP contribution in [0.25, 0.3) is 0 Å². The third-order valence-electron chi connectivity index (χ3n) is 5.26. The Labute approximate surface area is 185 Å². The Morgan fingerprint density at radius 2 is 1.93 bits per heavy atom. The Hall–Kier alpha value is -1.28. The molecule has 0 aromatic carbocycles. The average molecular weight is 454 g/mol. The lowest BCUT2D eigenvalue weighted by Crippen LogP contribution is -2.35. The first-order valence-corrected chi connectivity index (χ1v) is 13.3. The molecule has 1 aromatic heterocycles. The third kappa shape index (κ3) is 5.90. The lowest BCUT2D eigenvalue weighted by Gasteiger charge is -2.41. The predicted molar refractivity (Wildman–Crippen MR) is 126 cm³/mol. The van der Waals surface area contributed by atoms with Gasteiger partial charge in [0.05, 0.1) is 22.8 Å². The van der Waals surface area contributed by atoms with Crippen molar-refractivity contribution in [1.82, 2.24) is 0 Å². The highest BCUT2D eigenvalue weighted by atomic mass is 32.1. The lowest BCUT2D eigenvalue weighted by atomic mass is 9.91. The van der Waals surface area contributed by atoms with Crippen LogP contribution in [0.5, 0.6) is 0 Å². The topological polar surface area (TPSA) is 66.8 Å².